The van der Waals surface area contributed by atoms with Gasteiger partial charge >= 0.3 is 0 Å². The van der Waals surface area contributed by atoms with E-state index in [0.29, 0.717) is 35.8 Å². The molecular weight excluding hydrogens is 400 g/mol. The summed E-state index contributed by atoms with van der Waals surface area (Å²) in [5.74, 6) is 0.0458. The Kier molecular flexibility index (Phi) is 6.27. The van der Waals surface area contributed by atoms with Crippen molar-refractivity contribution < 1.29 is 17.9 Å². The summed E-state index contributed by atoms with van der Waals surface area (Å²) in [5, 5.41) is 3.43. The van der Waals surface area contributed by atoms with Gasteiger partial charge in [0.15, 0.2) is 0 Å². The first-order valence-corrected chi connectivity index (χ1v) is 10.8. The van der Waals surface area contributed by atoms with Crippen LogP contribution in [0.4, 0.5) is 5.69 Å². The van der Waals surface area contributed by atoms with Crippen LogP contribution in [0.1, 0.15) is 18.4 Å². The van der Waals surface area contributed by atoms with Crippen molar-refractivity contribution in [3.05, 3.63) is 53.1 Å². The van der Waals surface area contributed by atoms with Gasteiger partial charge < -0.3 is 10.1 Å². The quantitative estimate of drug-likeness (QED) is 0.797. The molecule has 0 spiro atoms. The summed E-state index contributed by atoms with van der Waals surface area (Å²) in [6.45, 7) is 2.36. The van der Waals surface area contributed by atoms with Gasteiger partial charge in [0.1, 0.15) is 5.75 Å². The number of sulfonamides is 1. The van der Waals surface area contributed by atoms with Crippen molar-refractivity contribution in [2.75, 3.05) is 25.5 Å². The van der Waals surface area contributed by atoms with Crippen molar-refractivity contribution in [1.82, 2.24) is 4.31 Å². The number of methoxy groups -OCH3 is 1. The SMILES string of the molecule is COc1ccc(S(=O)(=O)N2CCCC(C(=O)Nc3ccc(Cl)cc3)C2)cc1C. The number of ether oxygens (including phenoxy) is 1. The van der Waals surface area contributed by atoms with Gasteiger partial charge in [0.05, 0.1) is 17.9 Å². The predicted octanol–water partition coefficient (Wildman–Crippen LogP) is 3.70. The lowest BCUT2D eigenvalue weighted by molar-refractivity contribution is -0.120. The van der Waals surface area contributed by atoms with Crippen LogP contribution in [0.3, 0.4) is 0 Å². The van der Waals surface area contributed by atoms with E-state index < -0.39 is 15.9 Å². The minimum absolute atomic E-state index is 0.160. The molecule has 0 saturated carbocycles. The molecule has 1 atom stereocenters. The second-order valence-corrected chi connectivity index (χ2v) is 9.20. The highest BCUT2D eigenvalue weighted by Crippen LogP contribution is 2.28. The number of benzene rings is 2. The molecule has 1 aliphatic heterocycles. The van der Waals surface area contributed by atoms with Crippen molar-refractivity contribution in [3.63, 3.8) is 0 Å². The molecule has 6 nitrogen and oxygen atoms in total. The first-order valence-electron chi connectivity index (χ1n) is 9.02. The molecule has 3 rings (SSSR count). The van der Waals surface area contributed by atoms with Crippen LogP contribution in [0.25, 0.3) is 0 Å². The average Bonchev–Trinajstić information content (AvgIpc) is 2.69. The Morgan fingerprint density at radius 1 is 1.21 bits per heavy atom. The molecule has 2 aromatic carbocycles. The van der Waals surface area contributed by atoms with Crippen LogP contribution in [-0.4, -0.2) is 38.8 Å². The normalized spacial score (nSPS) is 17.9. The number of nitrogens with one attached hydrogen (secondary N) is 1. The van der Waals surface area contributed by atoms with Gasteiger partial charge in [-0.15, -0.1) is 0 Å². The van der Waals surface area contributed by atoms with E-state index in [4.69, 9.17) is 16.3 Å². The second kappa shape index (κ2) is 8.51. The smallest absolute Gasteiger partial charge is 0.243 e. The maximum Gasteiger partial charge on any atom is 0.243 e. The highest BCUT2D eigenvalue weighted by molar-refractivity contribution is 7.89. The Labute approximate surface area is 170 Å². The number of rotatable bonds is 5. The van der Waals surface area contributed by atoms with Gasteiger partial charge in [-0.1, -0.05) is 11.6 Å². The lowest BCUT2D eigenvalue weighted by Gasteiger charge is -2.31. The Bertz CT molecular complexity index is 961. The second-order valence-electron chi connectivity index (χ2n) is 6.83. The third-order valence-corrected chi connectivity index (χ3v) is 6.98. The molecule has 1 aliphatic rings. The first-order chi connectivity index (χ1) is 13.3. The van der Waals surface area contributed by atoms with Crippen LogP contribution in [0, 0.1) is 12.8 Å². The van der Waals surface area contributed by atoms with E-state index in [1.165, 1.54) is 4.31 Å². The fraction of sp³-hybridized carbons (Fsp3) is 0.350. The van der Waals surface area contributed by atoms with E-state index in [1.807, 2.05) is 0 Å². The Morgan fingerprint density at radius 2 is 1.93 bits per heavy atom. The van der Waals surface area contributed by atoms with E-state index in [0.717, 1.165) is 5.56 Å². The highest BCUT2D eigenvalue weighted by atomic mass is 35.5. The zero-order valence-corrected chi connectivity index (χ0v) is 17.4. The summed E-state index contributed by atoms with van der Waals surface area (Å²) in [6.07, 6.45) is 1.28. The fourth-order valence-electron chi connectivity index (χ4n) is 3.31. The molecule has 8 heteroatoms. The Morgan fingerprint density at radius 3 is 2.57 bits per heavy atom. The number of piperidine rings is 1. The number of aryl methyl sites for hydroxylation is 1. The molecule has 0 aromatic heterocycles. The summed E-state index contributed by atoms with van der Waals surface area (Å²) >= 11 is 5.86. The zero-order chi connectivity index (χ0) is 20.3. The van der Waals surface area contributed by atoms with Gasteiger partial charge in [-0.3, -0.25) is 4.79 Å². The van der Waals surface area contributed by atoms with Crippen LogP contribution in [-0.2, 0) is 14.8 Å². The number of anilines is 1. The lowest BCUT2D eigenvalue weighted by Crippen LogP contribution is -2.43. The molecule has 1 unspecified atom stereocenters. The fourth-order valence-corrected chi connectivity index (χ4v) is 5.05. The molecule has 150 valence electrons. The number of carbonyl (C=O) groups is 1. The number of nitrogens with zero attached hydrogens (tertiary/aromatic N) is 1. The van der Waals surface area contributed by atoms with Crippen molar-refractivity contribution >= 4 is 33.2 Å². The number of hydrogen-bond acceptors (Lipinski definition) is 4. The van der Waals surface area contributed by atoms with E-state index >= 15 is 0 Å². The summed E-state index contributed by atoms with van der Waals surface area (Å²) in [6, 6.07) is 11.6. The lowest BCUT2D eigenvalue weighted by atomic mass is 9.99. The van der Waals surface area contributed by atoms with Crippen LogP contribution >= 0.6 is 11.6 Å². The van der Waals surface area contributed by atoms with Crippen LogP contribution in [0.5, 0.6) is 5.75 Å². The molecular formula is C20H23ClN2O4S. The molecule has 0 bridgehead atoms. The van der Waals surface area contributed by atoms with Gasteiger partial charge in [0, 0.05) is 23.8 Å². The van der Waals surface area contributed by atoms with Gasteiger partial charge in [-0.2, -0.15) is 4.31 Å². The summed E-state index contributed by atoms with van der Waals surface area (Å²) in [7, 11) is -2.13. The topological polar surface area (TPSA) is 75.7 Å². The van der Waals surface area contributed by atoms with Crippen LogP contribution < -0.4 is 10.1 Å². The zero-order valence-electron chi connectivity index (χ0n) is 15.8. The molecule has 0 radical (unpaired) electrons. The van der Waals surface area contributed by atoms with Gasteiger partial charge in [-0.25, -0.2) is 8.42 Å². The Balaban J connectivity index is 1.73. The van der Waals surface area contributed by atoms with Crippen molar-refractivity contribution in [2.45, 2.75) is 24.7 Å². The first kappa shape index (κ1) is 20.6. The van der Waals surface area contributed by atoms with Crippen molar-refractivity contribution in [2.24, 2.45) is 5.92 Å². The van der Waals surface area contributed by atoms with E-state index in [9.17, 15) is 13.2 Å². The van der Waals surface area contributed by atoms with Gasteiger partial charge in [0.2, 0.25) is 15.9 Å². The summed E-state index contributed by atoms with van der Waals surface area (Å²) in [4.78, 5) is 12.8. The maximum atomic E-state index is 13.0. The monoisotopic (exact) mass is 422 g/mol. The number of amides is 1. The third-order valence-electron chi connectivity index (χ3n) is 4.87. The molecule has 1 saturated heterocycles. The largest absolute Gasteiger partial charge is 0.496 e. The number of hydrogen-bond donors (Lipinski definition) is 1. The van der Waals surface area contributed by atoms with Crippen molar-refractivity contribution in [3.8, 4) is 5.75 Å². The van der Waals surface area contributed by atoms with Gasteiger partial charge in [0.25, 0.3) is 0 Å². The third kappa shape index (κ3) is 4.48. The Hall–Kier alpha value is -2.09. The molecule has 1 heterocycles. The van der Waals surface area contributed by atoms with Crippen LogP contribution in [0.15, 0.2) is 47.4 Å². The molecule has 0 aliphatic carbocycles. The highest BCUT2D eigenvalue weighted by Gasteiger charge is 2.33. The van der Waals surface area contributed by atoms with E-state index in [1.54, 1.807) is 56.5 Å². The number of halogens is 1. The molecule has 1 amide bonds. The molecule has 28 heavy (non-hydrogen) atoms. The summed E-state index contributed by atoms with van der Waals surface area (Å²) in [5.41, 5.74) is 1.39. The average molecular weight is 423 g/mol. The van der Waals surface area contributed by atoms with Crippen molar-refractivity contribution in [1.29, 1.82) is 0 Å². The molecule has 1 fully saturated rings. The van der Waals surface area contributed by atoms with Crippen LogP contribution in [0.2, 0.25) is 5.02 Å². The molecule has 2 aromatic rings. The minimum Gasteiger partial charge on any atom is -0.496 e. The summed E-state index contributed by atoms with van der Waals surface area (Å²) < 4.78 is 32.7. The predicted molar refractivity (Wildman–Crippen MR) is 109 cm³/mol. The van der Waals surface area contributed by atoms with Gasteiger partial charge in [-0.05, 0) is 67.8 Å². The van der Waals surface area contributed by atoms with E-state index in [-0.39, 0.29) is 17.3 Å². The molecule has 1 N–H and O–H groups in total. The number of carbonyl (C=O) groups excluding carboxylic acids is 1. The standard InChI is InChI=1S/C20H23ClN2O4S/c1-14-12-18(9-10-19(14)27-2)28(25,26)23-11-3-4-15(13-23)20(24)22-17-7-5-16(21)6-8-17/h5-10,12,15H,3-4,11,13H2,1-2H3,(H,22,24). The van der Waals surface area contributed by atoms with E-state index in [2.05, 4.69) is 5.32 Å². The maximum absolute atomic E-state index is 13.0. The minimum atomic E-state index is -3.67.